The summed E-state index contributed by atoms with van der Waals surface area (Å²) in [7, 11) is 0. The maximum atomic E-state index is 12.3. The SMILES string of the molecule is CC(C)C(N)C(=O)N1CCC([C@@H](N)C2CC(Cl)C(Cl)CC2O)CC1. The summed E-state index contributed by atoms with van der Waals surface area (Å²) in [6.45, 7) is 5.29. The van der Waals surface area contributed by atoms with Crippen molar-refractivity contribution in [3.63, 3.8) is 0 Å². The molecule has 1 saturated carbocycles. The van der Waals surface area contributed by atoms with Gasteiger partial charge in [-0.1, -0.05) is 13.8 Å². The quantitative estimate of drug-likeness (QED) is 0.645. The molecule has 7 heteroatoms. The average molecular weight is 380 g/mol. The number of hydrogen-bond donors (Lipinski definition) is 3. The van der Waals surface area contributed by atoms with Crippen LogP contribution in [0, 0.1) is 17.8 Å². The highest BCUT2D eigenvalue weighted by Crippen LogP contribution is 2.37. The van der Waals surface area contributed by atoms with Crippen molar-refractivity contribution in [1.29, 1.82) is 0 Å². The first kappa shape index (κ1) is 20.2. The molecule has 0 aromatic rings. The lowest BCUT2D eigenvalue weighted by molar-refractivity contribution is -0.135. The van der Waals surface area contributed by atoms with E-state index in [-0.39, 0.29) is 34.5 Å². The number of halogens is 2. The van der Waals surface area contributed by atoms with Crippen LogP contribution in [0.1, 0.15) is 39.5 Å². The Bertz CT molecular complexity index is 430. The lowest BCUT2D eigenvalue weighted by Crippen LogP contribution is -2.54. The highest BCUT2D eigenvalue weighted by molar-refractivity contribution is 6.30. The van der Waals surface area contributed by atoms with Gasteiger partial charge in [-0.3, -0.25) is 4.79 Å². The van der Waals surface area contributed by atoms with Crippen LogP contribution in [0.2, 0.25) is 0 Å². The van der Waals surface area contributed by atoms with Gasteiger partial charge in [-0.25, -0.2) is 0 Å². The average Bonchev–Trinajstić information content (AvgIpc) is 2.56. The van der Waals surface area contributed by atoms with Crippen molar-refractivity contribution in [1.82, 2.24) is 4.90 Å². The van der Waals surface area contributed by atoms with Crippen molar-refractivity contribution in [2.24, 2.45) is 29.2 Å². The van der Waals surface area contributed by atoms with Gasteiger partial charge < -0.3 is 21.5 Å². The van der Waals surface area contributed by atoms with Crippen LogP contribution in [-0.4, -0.2) is 57.9 Å². The molecule has 2 rings (SSSR count). The van der Waals surface area contributed by atoms with E-state index in [0.717, 1.165) is 12.8 Å². The second-order valence-corrected chi connectivity index (χ2v) is 8.87. The van der Waals surface area contributed by atoms with E-state index in [1.165, 1.54) is 0 Å². The summed E-state index contributed by atoms with van der Waals surface area (Å²) >= 11 is 12.4. The van der Waals surface area contributed by atoms with Gasteiger partial charge in [0.15, 0.2) is 0 Å². The minimum absolute atomic E-state index is 0.0207. The predicted molar refractivity (Wildman–Crippen MR) is 98.1 cm³/mol. The topological polar surface area (TPSA) is 92.6 Å². The van der Waals surface area contributed by atoms with Crippen LogP contribution < -0.4 is 11.5 Å². The van der Waals surface area contributed by atoms with Crippen molar-refractivity contribution in [3.8, 4) is 0 Å². The van der Waals surface area contributed by atoms with Crippen LogP contribution in [0.4, 0.5) is 0 Å². The number of likely N-dealkylation sites (tertiary alicyclic amines) is 1. The van der Waals surface area contributed by atoms with E-state index >= 15 is 0 Å². The van der Waals surface area contributed by atoms with Crippen LogP contribution in [0.3, 0.4) is 0 Å². The zero-order valence-corrected chi connectivity index (χ0v) is 16.1. The molecule has 2 aliphatic rings. The fraction of sp³-hybridized carbons (Fsp3) is 0.941. The Hall–Kier alpha value is -0.0700. The van der Waals surface area contributed by atoms with E-state index in [4.69, 9.17) is 34.7 Å². The van der Waals surface area contributed by atoms with Crippen molar-refractivity contribution >= 4 is 29.1 Å². The van der Waals surface area contributed by atoms with E-state index < -0.39 is 12.1 Å². The van der Waals surface area contributed by atoms with Gasteiger partial charge >= 0.3 is 0 Å². The number of alkyl halides is 2. The van der Waals surface area contributed by atoms with Gasteiger partial charge in [0.2, 0.25) is 5.91 Å². The minimum atomic E-state index is -0.494. The fourth-order valence-electron chi connectivity index (χ4n) is 3.88. The molecule has 24 heavy (non-hydrogen) atoms. The number of nitrogens with two attached hydrogens (primary N) is 2. The molecule has 0 aromatic heterocycles. The van der Waals surface area contributed by atoms with Crippen molar-refractivity contribution < 1.29 is 9.90 Å². The molecule has 1 aliphatic heterocycles. The molecule has 1 heterocycles. The predicted octanol–water partition coefficient (Wildman–Crippen LogP) is 1.52. The summed E-state index contributed by atoms with van der Waals surface area (Å²) in [5.41, 5.74) is 12.4. The number of aliphatic hydroxyl groups is 1. The van der Waals surface area contributed by atoms with Gasteiger partial charge in [-0.2, -0.15) is 0 Å². The summed E-state index contributed by atoms with van der Waals surface area (Å²) in [4.78, 5) is 14.2. The first-order valence-electron chi connectivity index (χ1n) is 8.98. The van der Waals surface area contributed by atoms with Crippen LogP contribution >= 0.6 is 23.2 Å². The molecule has 2 fully saturated rings. The molecule has 5 nitrogen and oxygen atoms in total. The van der Waals surface area contributed by atoms with Crippen LogP contribution in [-0.2, 0) is 4.79 Å². The van der Waals surface area contributed by atoms with Gasteiger partial charge in [0.25, 0.3) is 0 Å². The lowest BCUT2D eigenvalue weighted by atomic mass is 9.74. The first-order chi connectivity index (χ1) is 11.2. The molecule has 5 N–H and O–H groups in total. The second-order valence-electron chi connectivity index (χ2n) is 7.74. The number of hydrogen-bond acceptors (Lipinski definition) is 4. The number of carbonyl (C=O) groups excluding carboxylic acids is 1. The zero-order chi connectivity index (χ0) is 18.0. The number of carbonyl (C=O) groups is 1. The maximum absolute atomic E-state index is 12.3. The molecular formula is C17H31Cl2N3O2. The second kappa shape index (κ2) is 8.54. The molecule has 0 spiro atoms. The van der Waals surface area contributed by atoms with Crippen molar-refractivity contribution in [3.05, 3.63) is 0 Å². The van der Waals surface area contributed by atoms with E-state index in [1.54, 1.807) is 0 Å². The zero-order valence-electron chi connectivity index (χ0n) is 14.6. The molecule has 1 saturated heterocycles. The first-order valence-corrected chi connectivity index (χ1v) is 9.85. The monoisotopic (exact) mass is 379 g/mol. The van der Waals surface area contributed by atoms with E-state index in [0.29, 0.717) is 31.8 Å². The molecule has 1 aliphatic carbocycles. The standard InChI is InChI=1S/C17H31Cl2N3O2/c1-9(2)15(20)17(24)22-5-3-10(4-6-22)16(21)11-7-12(18)13(19)8-14(11)23/h9-16,23H,3-8,20-21H2,1-2H3/t11?,12?,13?,14?,15?,16-/m1/s1. The number of aliphatic hydroxyl groups excluding tert-OH is 1. The van der Waals surface area contributed by atoms with Gasteiger partial charge in [0.1, 0.15) is 0 Å². The number of nitrogens with zero attached hydrogens (tertiary/aromatic N) is 1. The van der Waals surface area contributed by atoms with Crippen LogP contribution in [0.15, 0.2) is 0 Å². The van der Waals surface area contributed by atoms with E-state index in [2.05, 4.69) is 0 Å². The summed E-state index contributed by atoms with van der Waals surface area (Å²) < 4.78 is 0. The Balaban J connectivity index is 1.88. The number of piperidine rings is 1. The lowest BCUT2D eigenvalue weighted by Gasteiger charge is -2.42. The molecule has 1 amide bonds. The highest BCUT2D eigenvalue weighted by atomic mass is 35.5. The third kappa shape index (κ3) is 4.55. The summed E-state index contributed by atoms with van der Waals surface area (Å²) in [5, 5.41) is 9.99. The third-order valence-corrected chi connectivity index (χ3v) is 6.84. The minimum Gasteiger partial charge on any atom is -0.393 e. The molecule has 5 unspecified atom stereocenters. The molecule has 140 valence electrons. The molecule has 0 bridgehead atoms. The van der Waals surface area contributed by atoms with Crippen LogP contribution in [0.5, 0.6) is 0 Å². The Labute approximate surface area is 155 Å². The molecule has 0 aromatic carbocycles. The van der Waals surface area contributed by atoms with Gasteiger partial charge in [0, 0.05) is 25.0 Å². The number of rotatable bonds is 4. The Morgan fingerprint density at radius 2 is 1.67 bits per heavy atom. The fourth-order valence-corrected chi connectivity index (χ4v) is 4.48. The normalized spacial score (nSPS) is 35.1. The Morgan fingerprint density at radius 3 is 2.21 bits per heavy atom. The molecule has 6 atom stereocenters. The smallest absolute Gasteiger partial charge is 0.239 e. The van der Waals surface area contributed by atoms with Crippen molar-refractivity contribution in [2.75, 3.05) is 13.1 Å². The summed E-state index contributed by atoms with van der Waals surface area (Å²) in [6, 6.07) is -0.547. The van der Waals surface area contributed by atoms with Gasteiger partial charge in [-0.05, 0) is 37.5 Å². The van der Waals surface area contributed by atoms with Gasteiger partial charge in [-0.15, -0.1) is 23.2 Å². The summed E-state index contributed by atoms with van der Waals surface area (Å²) in [6.07, 6.45) is 2.34. The Kier molecular flexibility index (Phi) is 7.21. The van der Waals surface area contributed by atoms with Gasteiger partial charge in [0.05, 0.1) is 22.9 Å². The van der Waals surface area contributed by atoms with E-state index in [1.807, 2.05) is 18.7 Å². The molecular weight excluding hydrogens is 349 g/mol. The largest absolute Gasteiger partial charge is 0.393 e. The van der Waals surface area contributed by atoms with Crippen molar-refractivity contribution in [2.45, 2.75) is 68.5 Å². The summed E-state index contributed by atoms with van der Waals surface area (Å²) in [5.74, 6) is 0.437. The highest BCUT2D eigenvalue weighted by Gasteiger charge is 2.41. The maximum Gasteiger partial charge on any atom is 0.239 e. The molecule has 0 radical (unpaired) electrons. The Morgan fingerprint density at radius 1 is 1.12 bits per heavy atom. The third-order valence-electron chi connectivity index (χ3n) is 5.74. The van der Waals surface area contributed by atoms with E-state index in [9.17, 15) is 9.90 Å². The van der Waals surface area contributed by atoms with Crippen LogP contribution in [0.25, 0.3) is 0 Å². The number of amides is 1.